The second-order valence-electron chi connectivity index (χ2n) is 4.66. The number of nitrogens with one attached hydrogen (secondary N) is 2. The SMILES string of the molecule is CSCC[C@H](NC(=O)C1CNc2ccccc2O1)C(=O)O. The molecule has 3 N–H and O–H groups in total. The molecule has 1 aromatic rings. The maximum absolute atomic E-state index is 12.1. The molecule has 1 aliphatic rings. The lowest BCUT2D eigenvalue weighted by atomic mass is 10.2. The van der Waals surface area contributed by atoms with Crippen LogP contribution in [0.5, 0.6) is 5.75 Å². The van der Waals surface area contributed by atoms with Gasteiger partial charge in [-0.2, -0.15) is 11.8 Å². The highest BCUT2D eigenvalue weighted by Crippen LogP contribution is 2.28. The topological polar surface area (TPSA) is 87.7 Å². The van der Waals surface area contributed by atoms with Crippen LogP contribution in [0.1, 0.15) is 6.42 Å². The Bertz CT molecular complexity index is 523. The third-order valence-electron chi connectivity index (χ3n) is 3.15. The van der Waals surface area contributed by atoms with E-state index in [2.05, 4.69) is 10.6 Å². The summed E-state index contributed by atoms with van der Waals surface area (Å²) in [6, 6.07) is 6.44. The lowest BCUT2D eigenvalue weighted by molar-refractivity contribution is -0.143. The average Bonchev–Trinajstić information content (AvgIpc) is 2.50. The van der Waals surface area contributed by atoms with Crippen LogP contribution in [0, 0.1) is 0 Å². The van der Waals surface area contributed by atoms with Crippen LogP contribution in [-0.4, -0.2) is 47.7 Å². The van der Waals surface area contributed by atoms with Crippen molar-refractivity contribution in [2.24, 2.45) is 0 Å². The Morgan fingerprint density at radius 3 is 3.00 bits per heavy atom. The Hall–Kier alpha value is -1.89. The molecular formula is C14H18N2O4S. The molecular weight excluding hydrogens is 292 g/mol. The molecule has 6 nitrogen and oxygen atoms in total. The summed E-state index contributed by atoms with van der Waals surface area (Å²) < 4.78 is 5.61. The molecule has 0 aromatic heterocycles. The molecule has 0 radical (unpaired) electrons. The molecule has 2 atom stereocenters. The highest BCUT2D eigenvalue weighted by Gasteiger charge is 2.29. The summed E-state index contributed by atoms with van der Waals surface area (Å²) in [5.41, 5.74) is 0.832. The molecule has 1 heterocycles. The molecule has 7 heteroatoms. The lowest BCUT2D eigenvalue weighted by Gasteiger charge is -2.27. The van der Waals surface area contributed by atoms with Gasteiger partial charge in [0.15, 0.2) is 6.10 Å². The molecule has 2 rings (SSSR count). The zero-order chi connectivity index (χ0) is 15.2. The van der Waals surface area contributed by atoms with Gasteiger partial charge < -0.3 is 20.5 Å². The number of para-hydroxylation sites is 2. The van der Waals surface area contributed by atoms with Gasteiger partial charge in [-0.3, -0.25) is 4.79 Å². The number of benzene rings is 1. The second-order valence-corrected chi connectivity index (χ2v) is 5.65. The predicted molar refractivity (Wildman–Crippen MR) is 81.9 cm³/mol. The van der Waals surface area contributed by atoms with Crippen LogP contribution in [0.25, 0.3) is 0 Å². The maximum Gasteiger partial charge on any atom is 0.326 e. The first-order valence-electron chi connectivity index (χ1n) is 6.63. The van der Waals surface area contributed by atoms with Gasteiger partial charge in [0.25, 0.3) is 5.91 Å². The lowest BCUT2D eigenvalue weighted by Crippen LogP contribution is -2.50. The highest BCUT2D eigenvalue weighted by molar-refractivity contribution is 7.98. The summed E-state index contributed by atoms with van der Waals surface area (Å²) in [6.07, 6.45) is 1.56. The third kappa shape index (κ3) is 4.04. The monoisotopic (exact) mass is 310 g/mol. The molecule has 1 aliphatic heterocycles. The van der Waals surface area contributed by atoms with E-state index in [1.54, 1.807) is 17.8 Å². The standard InChI is InChI=1S/C14H18N2O4S/c1-21-7-6-10(14(18)19)16-13(17)12-8-15-9-4-2-3-5-11(9)20-12/h2-5,10,12,15H,6-8H2,1H3,(H,16,17)(H,18,19)/t10-,12?/m0/s1. The zero-order valence-electron chi connectivity index (χ0n) is 11.7. The van der Waals surface area contributed by atoms with Gasteiger partial charge in [0.2, 0.25) is 0 Å². The number of carboxylic acids is 1. The van der Waals surface area contributed by atoms with Crippen molar-refractivity contribution in [1.82, 2.24) is 5.32 Å². The second kappa shape index (κ2) is 7.21. The minimum absolute atomic E-state index is 0.317. The fraction of sp³-hybridized carbons (Fsp3) is 0.429. The number of hydrogen-bond donors (Lipinski definition) is 3. The van der Waals surface area contributed by atoms with E-state index in [0.29, 0.717) is 24.5 Å². The molecule has 1 amide bonds. The van der Waals surface area contributed by atoms with E-state index in [9.17, 15) is 9.59 Å². The fourth-order valence-electron chi connectivity index (χ4n) is 2.02. The van der Waals surface area contributed by atoms with Gasteiger partial charge in [0, 0.05) is 0 Å². The zero-order valence-corrected chi connectivity index (χ0v) is 12.5. The molecule has 0 aliphatic carbocycles. The van der Waals surface area contributed by atoms with E-state index in [4.69, 9.17) is 9.84 Å². The highest BCUT2D eigenvalue weighted by atomic mass is 32.2. The first kappa shape index (κ1) is 15.5. The van der Waals surface area contributed by atoms with Gasteiger partial charge in [-0.15, -0.1) is 0 Å². The molecule has 1 unspecified atom stereocenters. The maximum atomic E-state index is 12.1. The minimum atomic E-state index is -1.03. The Balaban J connectivity index is 1.96. The predicted octanol–water partition coefficient (Wildman–Crippen LogP) is 1.18. The van der Waals surface area contributed by atoms with Crippen molar-refractivity contribution < 1.29 is 19.4 Å². The summed E-state index contributed by atoms with van der Waals surface area (Å²) in [6.45, 7) is 0.317. The molecule has 0 bridgehead atoms. The first-order chi connectivity index (χ1) is 10.1. The van der Waals surface area contributed by atoms with E-state index in [1.165, 1.54) is 0 Å². The molecule has 1 aromatic carbocycles. The van der Waals surface area contributed by atoms with Crippen LogP contribution in [0.3, 0.4) is 0 Å². The van der Waals surface area contributed by atoms with E-state index < -0.39 is 24.0 Å². The average molecular weight is 310 g/mol. The number of fused-ring (bicyclic) bond motifs is 1. The van der Waals surface area contributed by atoms with Crippen LogP contribution >= 0.6 is 11.8 Å². The van der Waals surface area contributed by atoms with Crippen molar-refractivity contribution in [2.75, 3.05) is 23.9 Å². The van der Waals surface area contributed by atoms with Gasteiger partial charge >= 0.3 is 5.97 Å². The van der Waals surface area contributed by atoms with Gasteiger partial charge in [-0.25, -0.2) is 4.79 Å². The Labute approximate surface area is 127 Å². The van der Waals surface area contributed by atoms with Crippen molar-refractivity contribution in [3.05, 3.63) is 24.3 Å². The Morgan fingerprint density at radius 1 is 1.52 bits per heavy atom. The number of rotatable bonds is 6. The van der Waals surface area contributed by atoms with E-state index in [1.807, 2.05) is 24.5 Å². The van der Waals surface area contributed by atoms with Crippen molar-refractivity contribution in [3.63, 3.8) is 0 Å². The van der Waals surface area contributed by atoms with Crippen LogP contribution in [0.4, 0.5) is 5.69 Å². The largest absolute Gasteiger partial charge is 0.480 e. The number of carbonyl (C=O) groups excluding carboxylic acids is 1. The van der Waals surface area contributed by atoms with Crippen molar-refractivity contribution in [3.8, 4) is 5.75 Å². The number of aliphatic carboxylic acids is 1. The van der Waals surface area contributed by atoms with Crippen LogP contribution in [0.2, 0.25) is 0 Å². The number of hydrogen-bond acceptors (Lipinski definition) is 5. The van der Waals surface area contributed by atoms with Crippen molar-refractivity contribution in [2.45, 2.75) is 18.6 Å². The van der Waals surface area contributed by atoms with Crippen LogP contribution < -0.4 is 15.4 Å². The summed E-state index contributed by atoms with van der Waals surface area (Å²) in [5, 5.41) is 14.8. The number of ether oxygens (including phenoxy) is 1. The number of anilines is 1. The number of thioether (sulfide) groups is 1. The van der Waals surface area contributed by atoms with Gasteiger partial charge in [0.1, 0.15) is 11.8 Å². The number of carboxylic acid groups (broad SMARTS) is 1. The number of carbonyl (C=O) groups is 2. The fourth-order valence-corrected chi connectivity index (χ4v) is 2.49. The van der Waals surface area contributed by atoms with E-state index in [-0.39, 0.29) is 0 Å². The Morgan fingerprint density at radius 2 is 2.29 bits per heavy atom. The van der Waals surface area contributed by atoms with E-state index in [0.717, 1.165) is 5.69 Å². The van der Waals surface area contributed by atoms with Gasteiger partial charge in [0.05, 0.1) is 12.2 Å². The normalized spacial score (nSPS) is 17.9. The third-order valence-corrected chi connectivity index (χ3v) is 3.80. The molecule has 0 fully saturated rings. The molecule has 114 valence electrons. The molecule has 0 saturated carbocycles. The molecule has 21 heavy (non-hydrogen) atoms. The van der Waals surface area contributed by atoms with Gasteiger partial charge in [-0.1, -0.05) is 12.1 Å². The minimum Gasteiger partial charge on any atom is -0.480 e. The quantitative estimate of drug-likeness (QED) is 0.731. The van der Waals surface area contributed by atoms with Crippen molar-refractivity contribution >= 4 is 29.3 Å². The summed E-state index contributed by atoms with van der Waals surface area (Å²) in [5.74, 6) is -0.170. The Kier molecular flexibility index (Phi) is 5.32. The summed E-state index contributed by atoms with van der Waals surface area (Å²) in [4.78, 5) is 23.3. The molecule has 0 spiro atoms. The van der Waals surface area contributed by atoms with Crippen LogP contribution in [-0.2, 0) is 9.59 Å². The molecule has 0 saturated heterocycles. The summed E-state index contributed by atoms with van der Waals surface area (Å²) in [7, 11) is 0. The number of amides is 1. The smallest absolute Gasteiger partial charge is 0.326 e. The van der Waals surface area contributed by atoms with E-state index >= 15 is 0 Å². The van der Waals surface area contributed by atoms with Crippen LogP contribution in [0.15, 0.2) is 24.3 Å². The summed E-state index contributed by atoms with van der Waals surface area (Å²) >= 11 is 1.54. The van der Waals surface area contributed by atoms with Crippen molar-refractivity contribution in [1.29, 1.82) is 0 Å². The van der Waals surface area contributed by atoms with Gasteiger partial charge in [-0.05, 0) is 30.6 Å². The first-order valence-corrected chi connectivity index (χ1v) is 8.03.